The molecule has 1 aromatic heterocycles. The average molecular weight is 226 g/mol. The number of pyridine rings is 1. The number of aromatic nitrogens is 1. The topological polar surface area (TPSA) is 71.3 Å². The molecular formula is C10H18N4O2. The summed E-state index contributed by atoms with van der Waals surface area (Å²) in [5.41, 5.74) is 0.689. The van der Waals surface area contributed by atoms with Crippen LogP contribution in [0.4, 0.5) is 11.5 Å². The van der Waals surface area contributed by atoms with Gasteiger partial charge in [-0.15, -0.1) is 0 Å². The fourth-order valence-corrected chi connectivity index (χ4v) is 0.970. The van der Waals surface area contributed by atoms with Crippen LogP contribution in [-0.4, -0.2) is 38.1 Å². The van der Waals surface area contributed by atoms with Gasteiger partial charge in [-0.1, -0.05) is 0 Å². The third kappa shape index (κ3) is 4.22. The zero-order chi connectivity index (χ0) is 12.7. The van der Waals surface area contributed by atoms with Crippen molar-refractivity contribution in [3.63, 3.8) is 0 Å². The van der Waals surface area contributed by atoms with Crippen molar-refractivity contribution in [2.24, 2.45) is 0 Å². The van der Waals surface area contributed by atoms with Gasteiger partial charge < -0.3 is 10.2 Å². The Balaban J connectivity index is 0.000000673. The van der Waals surface area contributed by atoms with Gasteiger partial charge in [0.15, 0.2) is 0 Å². The standard InChI is InChI=1S/C8H11N3O2.C2H7N/c1-6-4-8(10(2)3)9-5-7(6)11(12)13;1-3-2/h4-5H,1-3H3;3H,1-2H3. The maximum Gasteiger partial charge on any atom is 0.290 e. The fourth-order valence-electron chi connectivity index (χ4n) is 0.970. The van der Waals surface area contributed by atoms with Crippen LogP contribution >= 0.6 is 0 Å². The molecule has 16 heavy (non-hydrogen) atoms. The van der Waals surface area contributed by atoms with Crippen LogP contribution in [0.3, 0.4) is 0 Å². The summed E-state index contributed by atoms with van der Waals surface area (Å²) < 4.78 is 0. The van der Waals surface area contributed by atoms with Crippen LogP contribution in [0.15, 0.2) is 12.3 Å². The summed E-state index contributed by atoms with van der Waals surface area (Å²) in [6.07, 6.45) is 1.28. The van der Waals surface area contributed by atoms with Crippen LogP contribution in [0.1, 0.15) is 5.56 Å². The smallest absolute Gasteiger partial charge is 0.290 e. The first kappa shape index (κ1) is 14.3. The lowest BCUT2D eigenvalue weighted by Gasteiger charge is -2.10. The minimum atomic E-state index is -0.429. The van der Waals surface area contributed by atoms with Gasteiger partial charge in [-0.25, -0.2) is 4.98 Å². The Morgan fingerprint density at radius 2 is 1.94 bits per heavy atom. The predicted octanol–water partition coefficient (Wildman–Crippen LogP) is 1.20. The van der Waals surface area contributed by atoms with Gasteiger partial charge in [-0.2, -0.15) is 0 Å². The van der Waals surface area contributed by atoms with E-state index in [-0.39, 0.29) is 5.69 Å². The van der Waals surface area contributed by atoms with E-state index in [0.717, 1.165) is 5.82 Å². The van der Waals surface area contributed by atoms with Crippen molar-refractivity contribution in [1.82, 2.24) is 10.3 Å². The summed E-state index contributed by atoms with van der Waals surface area (Å²) >= 11 is 0. The molecule has 6 nitrogen and oxygen atoms in total. The Hall–Kier alpha value is -1.69. The van der Waals surface area contributed by atoms with Crippen molar-refractivity contribution < 1.29 is 4.92 Å². The SMILES string of the molecule is CNC.Cc1cc(N(C)C)ncc1[N+](=O)[O-]. The first-order valence-electron chi connectivity index (χ1n) is 4.80. The van der Waals surface area contributed by atoms with E-state index in [4.69, 9.17) is 0 Å². The molecule has 0 fully saturated rings. The van der Waals surface area contributed by atoms with Crippen LogP contribution in [0.2, 0.25) is 0 Å². The number of rotatable bonds is 2. The van der Waals surface area contributed by atoms with Gasteiger partial charge in [0.2, 0.25) is 0 Å². The van der Waals surface area contributed by atoms with E-state index >= 15 is 0 Å². The van der Waals surface area contributed by atoms with E-state index in [1.807, 2.05) is 28.2 Å². The van der Waals surface area contributed by atoms with Gasteiger partial charge >= 0.3 is 0 Å². The number of nitro groups is 1. The van der Waals surface area contributed by atoms with E-state index in [0.29, 0.717) is 5.56 Å². The lowest BCUT2D eigenvalue weighted by molar-refractivity contribution is -0.385. The molecule has 90 valence electrons. The highest BCUT2D eigenvalue weighted by Crippen LogP contribution is 2.19. The van der Waals surface area contributed by atoms with Crippen molar-refractivity contribution in [1.29, 1.82) is 0 Å². The molecule has 0 bridgehead atoms. The molecule has 1 aromatic rings. The summed E-state index contributed by atoms with van der Waals surface area (Å²) in [7, 11) is 7.43. The Labute approximate surface area is 95.4 Å². The summed E-state index contributed by atoms with van der Waals surface area (Å²) in [5, 5.41) is 13.2. The number of hydrogen-bond acceptors (Lipinski definition) is 5. The zero-order valence-electron chi connectivity index (χ0n) is 10.3. The van der Waals surface area contributed by atoms with Crippen LogP contribution in [-0.2, 0) is 0 Å². The van der Waals surface area contributed by atoms with E-state index in [1.165, 1.54) is 6.20 Å². The van der Waals surface area contributed by atoms with Crippen molar-refractivity contribution >= 4 is 11.5 Å². The molecule has 0 aliphatic heterocycles. The minimum absolute atomic E-state index is 0.0607. The number of hydrogen-bond donors (Lipinski definition) is 1. The molecule has 6 heteroatoms. The maximum absolute atomic E-state index is 10.5. The van der Waals surface area contributed by atoms with E-state index < -0.39 is 4.92 Å². The van der Waals surface area contributed by atoms with Gasteiger partial charge in [-0.3, -0.25) is 10.1 Å². The number of nitrogens with zero attached hydrogens (tertiary/aromatic N) is 3. The van der Waals surface area contributed by atoms with Crippen molar-refractivity contribution in [2.75, 3.05) is 33.1 Å². The van der Waals surface area contributed by atoms with Gasteiger partial charge in [0.05, 0.1) is 4.92 Å². The first-order chi connectivity index (χ1) is 7.43. The molecule has 0 aromatic carbocycles. The van der Waals surface area contributed by atoms with Gasteiger partial charge in [0, 0.05) is 19.7 Å². The lowest BCUT2D eigenvalue weighted by atomic mass is 10.2. The molecule has 0 radical (unpaired) electrons. The van der Waals surface area contributed by atoms with Crippen LogP contribution < -0.4 is 10.2 Å². The Bertz CT molecular complexity index is 353. The molecular weight excluding hydrogens is 208 g/mol. The predicted molar refractivity (Wildman–Crippen MR) is 64.9 cm³/mol. The summed E-state index contributed by atoms with van der Waals surface area (Å²) in [4.78, 5) is 15.8. The summed E-state index contributed by atoms with van der Waals surface area (Å²) in [6.45, 7) is 1.70. The molecule has 0 saturated carbocycles. The fraction of sp³-hybridized carbons (Fsp3) is 0.500. The Morgan fingerprint density at radius 1 is 1.44 bits per heavy atom. The van der Waals surface area contributed by atoms with Gasteiger partial charge in [0.25, 0.3) is 5.69 Å². The van der Waals surface area contributed by atoms with E-state index in [1.54, 1.807) is 17.9 Å². The van der Waals surface area contributed by atoms with Crippen LogP contribution in [0.25, 0.3) is 0 Å². The van der Waals surface area contributed by atoms with Crippen LogP contribution in [0.5, 0.6) is 0 Å². The second-order valence-electron chi connectivity index (χ2n) is 3.48. The highest BCUT2D eigenvalue weighted by atomic mass is 16.6. The summed E-state index contributed by atoms with van der Waals surface area (Å²) in [5.74, 6) is 0.725. The quantitative estimate of drug-likeness (QED) is 0.606. The lowest BCUT2D eigenvalue weighted by Crippen LogP contribution is -2.11. The Morgan fingerprint density at radius 3 is 2.25 bits per heavy atom. The number of aryl methyl sites for hydroxylation is 1. The van der Waals surface area contributed by atoms with Crippen LogP contribution in [0, 0.1) is 17.0 Å². The van der Waals surface area contributed by atoms with E-state index in [2.05, 4.69) is 10.3 Å². The summed E-state index contributed by atoms with van der Waals surface area (Å²) in [6, 6.07) is 1.69. The second-order valence-corrected chi connectivity index (χ2v) is 3.48. The molecule has 0 aliphatic rings. The second kappa shape index (κ2) is 6.73. The minimum Gasteiger partial charge on any atom is -0.363 e. The highest BCUT2D eigenvalue weighted by Gasteiger charge is 2.11. The van der Waals surface area contributed by atoms with Gasteiger partial charge in [-0.05, 0) is 27.1 Å². The normalized spacial score (nSPS) is 9.06. The largest absolute Gasteiger partial charge is 0.363 e. The first-order valence-corrected chi connectivity index (χ1v) is 4.80. The van der Waals surface area contributed by atoms with E-state index in [9.17, 15) is 10.1 Å². The molecule has 0 aliphatic carbocycles. The molecule has 1 rings (SSSR count). The number of nitrogens with one attached hydrogen (secondary N) is 1. The number of anilines is 1. The van der Waals surface area contributed by atoms with Crippen molar-refractivity contribution in [3.05, 3.63) is 27.9 Å². The monoisotopic (exact) mass is 226 g/mol. The highest BCUT2D eigenvalue weighted by molar-refractivity contribution is 5.47. The van der Waals surface area contributed by atoms with Crippen molar-refractivity contribution in [3.8, 4) is 0 Å². The molecule has 0 atom stereocenters. The van der Waals surface area contributed by atoms with Gasteiger partial charge in [0.1, 0.15) is 12.0 Å². The molecule has 1 N–H and O–H groups in total. The third-order valence-electron chi connectivity index (χ3n) is 1.72. The molecule has 0 spiro atoms. The molecule has 0 amide bonds. The Kier molecular flexibility index (Phi) is 6.02. The molecule has 1 heterocycles. The van der Waals surface area contributed by atoms with Crippen molar-refractivity contribution in [2.45, 2.75) is 6.92 Å². The maximum atomic E-state index is 10.5. The average Bonchev–Trinajstić information content (AvgIpc) is 2.17. The third-order valence-corrected chi connectivity index (χ3v) is 1.72. The zero-order valence-corrected chi connectivity index (χ0v) is 10.3. The molecule has 0 unspecified atom stereocenters. The molecule has 0 saturated heterocycles.